The van der Waals surface area contributed by atoms with Gasteiger partial charge in [0.05, 0.1) is 32.8 Å². The molecule has 0 aliphatic rings. The molecule has 0 saturated carbocycles. The highest BCUT2D eigenvalue weighted by Gasteiger charge is 2.12. The standard InChI is InChI=1S/C24H48O6/c1-3-5-7-9-11-13-17-27-19-21-29-24(16-15-23(25)26)30-22-20-28-18-14-12-10-8-6-4-2/h24H,3-22H2,1-2H3,(H,25,26). The second-order valence-electron chi connectivity index (χ2n) is 7.86. The van der Waals surface area contributed by atoms with Crippen LogP contribution in [0.5, 0.6) is 0 Å². The first-order valence-corrected chi connectivity index (χ1v) is 12.3. The average Bonchev–Trinajstić information content (AvgIpc) is 2.73. The van der Waals surface area contributed by atoms with Gasteiger partial charge in [-0.3, -0.25) is 4.79 Å². The molecule has 180 valence electrons. The third-order valence-corrected chi connectivity index (χ3v) is 4.94. The van der Waals surface area contributed by atoms with Gasteiger partial charge in [0.25, 0.3) is 0 Å². The van der Waals surface area contributed by atoms with E-state index < -0.39 is 12.3 Å². The predicted molar refractivity (Wildman–Crippen MR) is 121 cm³/mol. The molecule has 0 heterocycles. The van der Waals surface area contributed by atoms with Crippen LogP contribution in [0.3, 0.4) is 0 Å². The van der Waals surface area contributed by atoms with Gasteiger partial charge in [-0.2, -0.15) is 0 Å². The third-order valence-electron chi connectivity index (χ3n) is 4.94. The van der Waals surface area contributed by atoms with Gasteiger partial charge in [-0.05, 0) is 12.8 Å². The molecule has 0 amide bonds. The molecule has 0 aromatic heterocycles. The van der Waals surface area contributed by atoms with Crippen molar-refractivity contribution in [2.75, 3.05) is 39.6 Å². The van der Waals surface area contributed by atoms with Gasteiger partial charge in [-0.25, -0.2) is 0 Å². The Kier molecular flexibility index (Phi) is 24.0. The Balaban J connectivity index is 3.65. The van der Waals surface area contributed by atoms with Crippen LogP contribution >= 0.6 is 0 Å². The van der Waals surface area contributed by atoms with Gasteiger partial charge in [0.1, 0.15) is 0 Å². The Morgan fingerprint density at radius 3 is 1.50 bits per heavy atom. The fourth-order valence-electron chi connectivity index (χ4n) is 3.11. The maximum absolute atomic E-state index is 10.8. The van der Waals surface area contributed by atoms with E-state index in [-0.39, 0.29) is 6.42 Å². The van der Waals surface area contributed by atoms with Crippen LogP contribution in [0.4, 0.5) is 0 Å². The number of carbonyl (C=O) groups is 1. The first-order chi connectivity index (χ1) is 14.7. The predicted octanol–water partition coefficient (Wildman–Crippen LogP) is 5.96. The second kappa shape index (κ2) is 24.6. The zero-order valence-electron chi connectivity index (χ0n) is 19.7. The number of carboxylic acid groups (broad SMARTS) is 1. The Hall–Kier alpha value is -0.690. The maximum Gasteiger partial charge on any atom is 0.303 e. The van der Waals surface area contributed by atoms with E-state index in [2.05, 4.69) is 13.8 Å². The van der Waals surface area contributed by atoms with Crippen molar-refractivity contribution in [2.45, 2.75) is 110 Å². The van der Waals surface area contributed by atoms with Crippen LogP contribution in [0.15, 0.2) is 0 Å². The minimum atomic E-state index is -0.842. The lowest BCUT2D eigenvalue weighted by molar-refractivity contribution is -0.166. The second-order valence-corrected chi connectivity index (χ2v) is 7.86. The fraction of sp³-hybridized carbons (Fsp3) is 0.958. The highest BCUT2D eigenvalue weighted by Crippen LogP contribution is 2.07. The Morgan fingerprint density at radius 1 is 0.633 bits per heavy atom. The van der Waals surface area contributed by atoms with Crippen molar-refractivity contribution in [1.82, 2.24) is 0 Å². The quantitative estimate of drug-likeness (QED) is 0.142. The van der Waals surface area contributed by atoms with Gasteiger partial charge in [-0.15, -0.1) is 0 Å². The molecule has 0 aliphatic heterocycles. The van der Waals surface area contributed by atoms with Crippen molar-refractivity contribution >= 4 is 5.97 Å². The summed E-state index contributed by atoms with van der Waals surface area (Å²) in [5, 5.41) is 8.89. The van der Waals surface area contributed by atoms with Crippen molar-refractivity contribution in [1.29, 1.82) is 0 Å². The Morgan fingerprint density at radius 2 is 1.07 bits per heavy atom. The number of aliphatic carboxylic acids is 1. The number of ether oxygens (including phenoxy) is 4. The molecule has 0 atom stereocenters. The van der Waals surface area contributed by atoms with Crippen LogP contribution in [0, 0.1) is 0 Å². The summed E-state index contributed by atoms with van der Waals surface area (Å²) in [7, 11) is 0. The van der Waals surface area contributed by atoms with Crippen molar-refractivity contribution in [2.24, 2.45) is 0 Å². The van der Waals surface area contributed by atoms with Gasteiger partial charge >= 0.3 is 5.97 Å². The summed E-state index contributed by atoms with van der Waals surface area (Å²) < 4.78 is 22.5. The van der Waals surface area contributed by atoms with Crippen LogP contribution in [-0.2, 0) is 23.7 Å². The zero-order valence-corrected chi connectivity index (χ0v) is 19.7. The molecular formula is C24H48O6. The van der Waals surface area contributed by atoms with E-state index in [0.717, 1.165) is 26.1 Å². The topological polar surface area (TPSA) is 74.2 Å². The smallest absolute Gasteiger partial charge is 0.303 e. The summed E-state index contributed by atoms with van der Waals surface area (Å²) in [4.78, 5) is 10.8. The molecule has 0 fully saturated rings. The third kappa shape index (κ3) is 23.6. The first kappa shape index (κ1) is 29.3. The molecule has 0 saturated heterocycles. The fourth-order valence-corrected chi connectivity index (χ4v) is 3.11. The molecule has 30 heavy (non-hydrogen) atoms. The van der Waals surface area contributed by atoms with E-state index in [4.69, 9.17) is 24.1 Å². The van der Waals surface area contributed by atoms with Crippen molar-refractivity contribution < 1.29 is 28.8 Å². The highest BCUT2D eigenvalue weighted by molar-refractivity contribution is 5.66. The lowest BCUT2D eigenvalue weighted by Gasteiger charge is -2.18. The molecule has 0 aromatic rings. The molecule has 0 unspecified atom stereocenters. The van der Waals surface area contributed by atoms with Crippen molar-refractivity contribution in [3.63, 3.8) is 0 Å². The molecule has 6 nitrogen and oxygen atoms in total. The zero-order chi connectivity index (χ0) is 22.1. The molecule has 0 spiro atoms. The Bertz CT molecular complexity index is 327. The average molecular weight is 433 g/mol. The molecule has 0 aliphatic carbocycles. The van der Waals surface area contributed by atoms with E-state index in [1.54, 1.807) is 0 Å². The maximum atomic E-state index is 10.8. The molecule has 0 rings (SSSR count). The number of carboxylic acids is 1. The number of rotatable bonds is 25. The summed E-state index contributed by atoms with van der Waals surface area (Å²) >= 11 is 0. The SMILES string of the molecule is CCCCCCCCOCCOC(CCC(=O)O)OCCOCCCCCCCC. The summed E-state index contributed by atoms with van der Waals surface area (Å²) in [5.41, 5.74) is 0. The lowest BCUT2D eigenvalue weighted by Crippen LogP contribution is -2.23. The van der Waals surface area contributed by atoms with Gasteiger partial charge in [0, 0.05) is 19.6 Å². The Labute approximate surface area is 185 Å². The van der Waals surface area contributed by atoms with E-state index in [0.29, 0.717) is 32.8 Å². The van der Waals surface area contributed by atoms with Crippen LogP contribution in [0.25, 0.3) is 0 Å². The highest BCUT2D eigenvalue weighted by atomic mass is 16.7. The van der Waals surface area contributed by atoms with Crippen molar-refractivity contribution in [3.8, 4) is 0 Å². The van der Waals surface area contributed by atoms with Crippen LogP contribution in [0.2, 0.25) is 0 Å². The summed E-state index contributed by atoms with van der Waals surface area (Å²) in [6.07, 6.45) is 14.8. The minimum absolute atomic E-state index is 0.0297. The molecule has 0 bridgehead atoms. The monoisotopic (exact) mass is 432 g/mol. The molecule has 0 aromatic carbocycles. The van der Waals surface area contributed by atoms with Crippen LogP contribution < -0.4 is 0 Å². The van der Waals surface area contributed by atoms with E-state index in [9.17, 15) is 4.79 Å². The van der Waals surface area contributed by atoms with Crippen LogP contribution in [0.1, 0.15) is 104 Å². The van der Waals surface area contributed by atoms with E-state index in [1.807, 2.05) is 0 Å². The number of hydrogen-bond donors (Lipinski definition) is 1. The lowest BCUT2D eigenvalue weighted by atomic mass is 10.1. The summed E-state index contributed by atoms with van der Waals surface area (Å²) in [6, 6.07) is 0. The number of hydrogen-bond acceptors (Lipinski definition) is 5. The normalized spacial score (nSPS) is 11.4. The number of unbranched alkanes of at least 4 members (excludes halogenated alkanes) is 10. The van der Waals surface area contributed by atoms with E-state index in [1.165, 1.54) is 64.2 Å². The molecule has 1 N–H and O–H groups in total. The minimum Gasteiger partial charge on any atom is -0.481 e. The van der Waals surface area contributed by atoms with Gasteiger partial charge in [-0.1, -0.05) is 78.1 Å². The van der Waals surface area contributed by atoms with Crippen LogP contribution in [-0.4, -0.2) is 57.0 Å². The molecular weight excluding hydrogens is 384 g/mol. The van der Waals surface area contributed by atoms with Gasteiger partial charge < -0.3 is 24.1 Å². The largest absolute Gasteiger partial charge is 0.481 e. The van der Waals surface area contributed by atoms with Crippen molar-refractivity contribution in [3.05, 3.63) is 0 Å². The van der Waals surface area contributed by atoms with E-state index >= 15 is 0 Å². The summed E-state index contributed by atoms with van der Waals surface area (Å²) in [5.74, 6) is -0.842. The van der Waals surface area contributed by atoms with Gasteiger partial charge in [0.15, 0.2) is 6.29 Å². The first-order valence-electron chi connectivity index (χ1n) is 12.3. The molecule has 0 radical (unpaired) electrons. The molecule has 6 heteroatoms. The summed E-state index contributed by atoms with van der Waals surface area (Å²) in [6.45, 7) is 7.80. The van der Waals surface area contributed by atoms with Gasteiger partial charge in [0.2, 0.25) is 0 Å².